The molecule has 0 saturated carbocycles. The molecular weight excluding hydrogens is 441 g/mol. The summed E-state index contributed by atoms with van der Waals surface area (Å²) in [6, 6.07) is 5.09. The summed E-state index contributed by atoms with van der Waals surface area (Å²) in [5.74, 6) is -0.866. The number of aromatic nitrogens is 3. The summed E-state index contributed by atoms with van der Waals surface area (Å²) in [6.45, 7) is 10.1. The second-order valence-electron chi connectivity index (χ2n) is 8.65. The van der Waals surface area contributed by atoms with Gasteiger partial charge in [0.1, 0.15) is 17.8 Å². The van der Waals surface area contributed by atoms with Crippen molar-refractivity contribution in [2.24, 2.45) is 0 Å². The smallest absolute Gasteiger partial charge is 0.322 e. The highest BCUT2D eigenvalue weighted by Gasteiger charge is 2.37. The number of nitrogens with one attached hydrogen (secondary N) is 1. The fourth-order valence-corrected chi connectivity index (χ4v) is 4.59. The van der Waals surface area contributed by atoms with Crippen LogP contribution in [-0.4, -0.2) is 56.3 Å². The Labute approximate surface area is 194 Å². The Kier molecular flexibility index (Phi) is 5.28. The number of amides is 3. The fraction of sp³-hybridized carbons (Fsp3) is 0.348. The summed E-state index contributed by atoms with van der Waals surface area (Å²) in [7, 11) is 1.74. The number of hydrogen-bond donors (Lipinski definition) is 1. The lowest BCUT2D eigenvalue weighted by atomic mass is 9.99. The zero-order valence-electron chi connectivity index (χ0n) is 18.7. The van der Waals surface area contributed by atoms with Crippen LogP contribution in [0.25, 0.3) is 4.85 Å². The van der Waals surface area contributed by atoms with E-state index in [9.17, 15) is 14.0 Å². The first-order chi connectivity index (χ1) is 16.4. The molecule has 174 valence electrons. The number of anilines is 1. The standard InChI is InChI=1S/C23H22FN7O3/c1-13-8-19-16(12-30(13)23(33)26-15-4-5-17(24)20(9-15)25-2)21-22(32)29(3)10-14(11-31(21)27-19)18-6-7-34-28-18/h4-7,9,13-14H,8,10-12H2,1,3H3,(H,26,33)/t13-,14+/m1/s1. The first kappa shape index (κ1) is 21.6. The first-order valence-corrected chi connectivity index (χ1v) is 10.8. The number of nitrogens with zero attached hydrogens (tertiary/aromatic N) is 6. The number of urea groups is 1. The van der Waals surface area contributed by atoms with Gasteiger partial charge in [0, 0.05) is 49.3 Å². The second kappa shape index (κ2) is 8.30. The Hall–Kier alpha value is -4.20. The molecule has 4 heterocycles. The molecule has 2 atom stereocenters. The molecule has 0 unspecified atom stereocenters. The molecule has 2 aromatic heterocycles. The minimum absolute atomic E-state index is 0.0674. The summed E-state index contributed by atoms with van der Waals surface area (Å²) in [5.41, 5.74) is 2.93. The average Bonchev–Trinajstić information content (AvgIpc) is 3.44. The van der Waals surface area contributed by atoms with Gasteiger partial charge in [-0.25, -0.2) is 14.0 Å². The minimum atomic E-state index is -0.641. The number of halogens is 1. The summed E-state index contributed by atoms with van der Waals surface area (Å²) in [6.07, 6.45) is 2.00. The van der Waals surface area contributed by atoms with Crippen molar-refractivity contribution in [1.29, 1.82) is 0 Å². The van der Waals surface area contributed by atoms with Gasteiger partial charge in [-0.15, -0.1) is 0 Å². The highest BCUT2D eigenvalue weighted by molar-refractivity contribution is 5.95. The van der Waals surface area contributed by atoms with Crippen LogP contribution in [0.5, 0.6) is 0 Å². The highest BCUT2D eigenvalue weighted by Crippen LogP contribution is 2.31. The van der Waals surface area contributed by atoms with Gasteiger partial charge >= 0.3 is 6.03 Å². The van der Waals surface area contributed by atoms with Crippen molar-refractivity contribution in [3.63, 3.8) is 0 Å². The van der Waals surface area contributed by atoms with Crippen LogP contribution in [0.2, 0.25) is 0 Å². The summed E-state index contributed by atoms with van der Waals surface area (Å²) < 4.78 is 20.4. The molecule has 11 heteroatoms. The molecule has 0 bridgehead atoms. The Morgan fingerprint density at radius 1 is 1.32 bits per heavy atom. The lowest BCUT2D eigenvalue weighted by Crippen LogP contribution is -2.45. The van der Waals surface area contributed by atoms with E-state index in [0.717, 1.165) is 23.0 Å². The summed E-state index contributed by atoms with van der Waals surface area (Å²) in [4.78, 5) is 32.8. The Morgan fingerprint density at radius 2 is 2.15 bits per heavy atom. The predicted molar refractivity (Wildman–Crippen MR) is 119 cm³/mol. The molecule has 2 aliphatic rings. The van der Waals surface area contributed by atoms with E-state index < -0.39 is 11.8 Å². The molecule has 0 fully saturated rings. The van der Waals surface area contributed by atoms with Crippen molar-refractivity contribution in [3.05, 3.63) is 70.4 Å². The molecule has 0 saturated heterocycles. The quantitative estimate of drug-likeness (QED) is 0.587. The van der Waals surface area contributed by atoms with Gasteiger partial charge in [-0.1, -0.05) is 5.16 Å². The number of fused-ring (bicyclic) bond motifs is 3. The van der Waals surface area contributed by atoms with Crippen LogP contribution >= 0.6 is 0 Å². The highest BCUT2D eigenvalue weighted by atomic mass is 19.1. The van der Waals surface area contributed by atoms with Crippen LogP contribution in [0.3, 0.4) is 0 Å². The van der Waals surface area contributed by atoms with Crippen LogP contribution in [0.4, 0.5) is 20.6 Å². The van der Waals surface area contributed by atoms with Crippen molar-refractivity contribution in [1.82, 2.24) is 24.7 Å². The molecule has 3 amide bonds. The van der Waals surface area contributed by atoms with Gasteiger partial charge in [0.2, 0.25) is 5.69 Å². The predicted octanol–water partition coefficient (Wildman–Crippen LogP) is 3.41. The normalized spacial score (nSPS) is 19.8. The summed E-state index contributed by atoms with van der Waals surface area (Å²) >= 11 is 0. The molecule has 0 spiro atoms. The number of carbonyl (C=O) groups excluding carboxylic acids is 2. The summed E-state index contributed by atoms with van der Waals surface area (Å²) in [5, 5.41) is 11.5. The van der Waals surface area contributed by atoms with Crippen molar-refractivity contribution in [2.75, 3.05) is 18.9 Å². The maximum Gasteiger partial charge on any atom is 0.322 e. The molecule has 0 radical (unpaired) electrons. The number of likely N-dealkylation sites (N-methyl/N-ethyl adjacent to an activating group) is 1. The van der Waals surface area contributed by atoms with Gasteiger partial charge in [0.25, 0.3) is 5.91 Å². The van der Waals surface area contributed by atoms with E-state index in [0.29, 0.717) is 30.9 Å². The van der Waals surface area contributed by atoms with Crippen LogP contribution in [0, 0.1) is 12.4 Å². The van der Waals surface area contributed by atoms with Gasteiger partial charge in [-0.3, -0.25) is 9.48 Å². The number of hydrogen-bond acceptors (Lipinski definition) is 5. The minimum Gasteiger partial charge on any atom is -0.364 e. The van der Waals surface area contributed by atoms with Crippen molar-refractivity contribution in [2.45, 2.75) is 38.4 Å². The molecule has 0 aliphatic carbocycles. The monoisotopic (exact) mass is 463 g/mol. The van der Waals surface area contributed by atoms with Crippen LogP contribution in [0.1, 0.15) is 40.3 Å². The largest absolute Gasteiger partial charge is 0.364 e. The van der Waals surface area contributed by atoms with E-state index in [-0.39, 0.29) is 30.1 Å². The van der Waals surface area contributed by atoms with Gasteiger partial charge in [-0.2, -0.15) is 5.10 Å². The van der Waals surface area contributed by atoms with Crippen LogP contribution < -0.4 is 5.32 Å². The van der Waals surface area contributed by atoms with Crippen molar-refractivity contribution in [3.8, 4) is 0 Å². The molecule has 1 aromatic carbocycles. The topological polar surface area (TPSA) is 101 Å². The first-order valence-electron chi connectivity index (χ1n) is 10.8. The molecule has 10 nitrogen and oxygen atoms in total. The van der Waals surface area contributed by atoms with E-state index in [1.165, 1.54) is 18.4 Å². The molecule has 3 aromatic rings. The fourth-order valence-electron chi connectivity index (χ4n) is 4.59. The van der Waals surface area contributed by atoms with E-state index >= 15 is 0 Å². The molecule has 5 rings (SSSR count). The third kappa shape index (κ3) is 3.67. The van der Waals surface area contributed by atoms with E-state index in [2.05, 4.69) is 15.3 Å². The second-order valence-corrected chi connectivity index (χ2v) is 8.65. The number of carbonyl (C=O) groups is 2. The lowest BCUT2D eigenvalue weighted by Gasteiger charge is -2.33. The number of benzene rings is 1. The Bertz CT molecular complexity index is 1310. The molecule has 34 heavy (non-hydrogen) atoms. The molecule has 1 N–H and O–H groups in total. The van der Waals surface area contributed by atoms with Gasteiger partial charge in [0.05, 0.1) is 31.0 Å². The zero-order valence-corrected chi connectivity index (χ0v) is 18.7. The van der Waals surface area contributed by atoms with Gasteiger partial charge in [-0.05, 0) is 25.1 Å². The molecular formula is C23H22FN7O3. The average molecular weight is 463 g/mol. The third-order valence-electron chi connectivity index (χ3n) is 6.37. The van der Waals surface area contributed by atoms with Crippen LogP contribution in [-0.2, 0) is 19.5 Å². The molecule has 2 aliphatic heterocycles. The van der Waals surface area contributed by atoms with Gasteiger partial charge < -0.3 is 19.6 Å². The SMILES string of the molecule is [C-]#[N+]c1cc(NC(=O)N2Cc3c(nn4c3C(=O)N(C)C[C@H](c3ccon3)C4)C[C@H]2C)ccc1F. The Morgan fingerprint density at radius 3 is 2.88 bits per heavy atom. The maximum atomic E-state index is 13.6. The maximum absolute atomic E-state index is 13.6. The number of rotatable bonds is 2. The van der Waals surface area contributed by atoms with E-state index in [1.54, 1.807) is 27.6 Å². The van der Waals surface area contributed by atoms with Crippen LogP contribution in [0.15, 0.2) is 35.1 Å². The van der Waals surface area contributed by atoms with Crippen molar-refractivity contribution >= 4 is 23.3 Å². The zero-order chi connectivity index (χ0) is 24.0. The third-order valence-corrected chi connectivity index (χ3v) is 6.37. The van der Waals surface area contributed by atoms with Crippen molar-refractivity contribution < 1.29 is 18.5 Å². The van der Waals surface area contributed by atoms with Gasteiger partial charge in [0.15, 0.2) is 0 Å². The van der Waals surface area contributed by atoms with E-state index in [4.69, 9.17) is 16.2 Å². The lowest BCUT2D eigenvalue weighted by molar-refractivity contribution is 0.0787. The van der Waals surface area contributed by atoms with E-state index in [1.807, 2.05) is 6.92 Å². The Balaban J connectivity index is 1.43.